The highest BCUT2D eigenvalue weighted by Gasteiger charge is 2.54. The molecule has 2 aliphatic rings. The van der Waals surface area contributed by atoms with Crippen molar-refractivity contribution in [1.82, 2.24) is 0 Å². The lowest BCUT2D eigenvalue weighted by Gasteiger charge is -2.45. The van der Waals surface area contributed by atoms with Gasteiger partial charge in [-0.1, -0.05) is 0 Å². The van der Waals surface area contributed by atoms with Crippen molar-refractivity contribution in [2.75, 3.05) is 19.8 Å². The topological polar surface area (TPSA) is 247 Å². The minimum absolute atomic E-state index is 0.0275. The highest BCUT2D eigenvalue weighted by atomic mass is 16.8. The van der Waals surface area contributed by atoms with Gasteiger partial charge in [0.2, 0.25) is 0 Å². The van der Waals surface area contributed by atoms with Crippen molar-refractivity contribution < 1.29 is 95.2 Å². The molecule has 2 heterocycles. The van der Waals surface area contributed by atoms with Crippen molar-refractivity contribution in [3.63, 3.8) is 0 Å². The summed E-state index contributed by atoms with van der Waals surface area (Å²) in [5.74, 6) is -6.27. The third-order valence-corrected chi connectivity index (χ3v) is 7.07. The Kier molecular flexibility index (Phi) is 17.3. The Bertz CT molecular complexity index is 1300. The van der Waals surface area contributed by atoms with Crippen LogP contribution in [0.4, 0.5) is 0 Å². The van der Waals surface area contributed by atoms with Crippen LogP contribution in [-0.2, 0) is 95.2 Å². The molecule has 0 N–H and O–H groups in total. The maximum Gasteiger partial charge on any atom is 0.303 e. The van der Waals surface area contributed by atoms with Crippen LogP contribution in [0, 0.1) is 0 Å². The molecule has 0 aromatic rings. The molecule has 2 aliphatic heterocycles. The second-order valence-electron chi connectivity index (χ2n) is 11.7. The van der Waals surface area contributed by atoms with Crippen molar-refractivity contribution >= 4 is 47.8 Å². The molecule has 52 heavy (non-hydrogen) atoms. The SMILES string of the molecule is CC(=O)OC[C@H]1O[C@H](OCC[C@H](C)O[C@H]2O[C@H](COC(C)=O)[C@@H](OC(C)=O)[C@H](OC(C)=O)[C@@H]2OC(C)=O)[C@@H](OC(C)=O)[C@@H](OC(C)=O)[C@@H]1OC(C)=O. The van der Waals surface area contributed by atoms with E-state index in [1.54, 1.807) is 6.92 Å². The first-order valence-electron chi connectivity index (χ1n) is 16.2. The van der Waals surface area contributed by atoms with E-state index in [2.05, 4.69) is 0 Å². The van der Waals surface area contributed by atoms with Crippen molar-refractivity contribution in [3.05, 3.63) is 0 Å². The fourth-order valence-electron chi connectivity index (χ4n) is 5.27. The van der Waals surface area contributed by atoms with Gasteiger partial charge in [-0.25, -0.2) is 0 Å². The van der Waals surface area contributed by atoms with Gasteiger partial charge in [0.1, 0.15) is 25.4 Å². The summed E-state index contributed by atoms with van der Waals surface area (Å²) in [7, 11) is 0. The number of hydrogen-bond donors (Lipinski definition) is 0. The summed E-state index contributed by atoms with van der Waals surface area (Å²) in [6.45, 7) is 9.21. The molecule has 0 saturated carbocycles. The minimum atomic E-state index is -1.47. The summed E-state index contributed by atoms with van der Waals surface area (Å²) in [5.41, 5.74) is 0. The lowest BCUT2D eigenvalue weighted by atomic mass is 9.98. The molecule has 0 unspecified atom stereocenters. The Hall–Kier alpha value is -4.40. The van der Waals surface area contributed by atoms with Crippen LogP contribution in [0.5, 0.6) is 0 Å². The standard InChI is InChI=1S/C32H46O20/c1-14(44-32-30(50-22(9)40)28(48-20(7)38)26(46-18(5)36)24(52-32)13-43-16(3)34)10-11-41-31-29(49-21(8)39)27(47-19(6)37)25(45-17(4)35)23(51-31)12-42-15(2)33/h14,23-32H,10-13H2,1-9H3/t14-,23+,24+,25+,26+,27-,28-,29-,30-,31-,32-/m0/s1. The Morgan fingerprint density at radius 2 is 0.788 bits per heavy atom. The minimum Gasteiger partial charge on any atom is -0.463 e. The number of ether oxygens (including phenoxy) is 12. The molecule has 2 saturated heterocycles. The van der Waals surface area contributed by atoms with Gasteiger partial charge >= 0.3 is 47.8 Å². The highest BCUT2D eigenvalue weighted by molar-refractivity contribution is 5.70. The van der Waals surface area contributed by atoms with Crippen molar-refractivity contribution in [3.8, 4) is 0 Å². The van der Waals surface area contributed by atoms with Gasteiger partial charge in [-0.3, -0.25) is 38.4 Å². The van der Waals surface area contributed by atoms with Crippen LogP contribution in [0.1, 0.15) is 68.7 Å². The predicted octanol–water partition coefficient (Wildman–Crippen LogP) is -0.0356. The molecular weight excluding hydrogens is 704 g/mol. The third-order valence-electron chi connectivity index (χ3n) is 7.07. The Balaban J connectivity index is 2.34. The van der Waals surface area contributed by atoms with E-state index in [9.17, 15) is 38.4 Å². The quantitative estimate of drug-likeness (QED) is 0.148. The van der Waals surface area contributed by atoms with Gasteiger partial charge in [0.25, 0.3) is 0 Å². The van der Waals surface area contributed by atoms with Gasteiger partial charge < -0.3 is 56.8 Å². The first-order valence-corrected chi connectivity index (χ1v) is 16.2. The number of carbonyl (C=O) groups excluding carboxylic acids is 8. The van der Waals surface area contributed by atoms with Crippen LogP contribution >= 0.6 is 0 Å². The molecule has 2 rings (SSSR count). The van der Waals surface area contributed by atoms with Gasteiger partial charge in [-0.2, -0.15) is 0 Å². The zero-order chi connectivity index (χ0) is 39.3. The lowest BCUT2D eigenvalue weighted by molar-refractivity contribution is -0.320. The third kappa shape index (κ3) is 14.3. The molecular formula is C32H46O20. The molecule has 294 valence electrons. The normalized spacial score (nSPS) is 28.9. The van der Waals surface area contributed by atoms with E-state index in [0.29, 0.717) is 0 Å². The van der Waals surface area contributed by atoms with Crippen molar-refractivity contribution in [2.24, 2.45) is 0 Å². The Morgan fingerprint density at radius 3 is 1.15 bits per heavy atom. The zero-order valence-electron chi connectivity index (χ0n) is 30.3. The number of esters is 8. The monoisotopic (exact) mass is 750 g/mol. The van der Waals surface area contributed by atoms with Crippen LogP contribution in [0.15, 0.2) is 0 Å². The van der Waals surface area contributed by atoms with E-state index in [4.69, 9.17) is 56.8 Å². The van der Waals surface area contributed by atoms with Crippen LogP contribution in [-0.4, -0.2) is 135 Å². The van der Waals surface area contributed by atoms with Gasteiger partial charge in [0.15, 0.2) is 49.2 Å². The van der Waals surface area contributed by atoms with Crippen molar-refractivity contribution in [2.45, 2.75) is 136 Å². The van der Waals surface area contributed by atoms with Crippen LogP contribution < -0.4 is 0 Å². The summed E-state index contributed by atoms with van der Waals surface area (Å²) in [6.07, 6.45) is -14.8. The largest absolute Gasteiger partial charge is 0.463 e. The molecule has 0 aromatic carbocycles. The van der Waals surface area contributed by atoms with E-state index in [0.717, 1.165) is 55.4 Å². The smallest absolute Gasteiger partial charge is 0.303 e. The average molecular weight is 751 g/mol. The van der Waals surface area contributed by atoms with Gasteiger partial charge in [-0.05, 0) is 13.3 Å². The van der Waals surface area contributed by atoms with E-state index in [1.165, 1.54) is 0 Å². The van der Waals surface area contributed by atoms with Gasteiger partial charge in [0, 0.05) is 55.4 Å². The molecule has 20 heteroatoms. The molecule has 0 aliphatic carbocycles. The highest BCUT2D eigenvalue weighted by Crippen LogP contribution is 2.32. The van der Waals surface area contributed by atoms with Crippen molar-refractivity contribution in [1.29, 1.82) is 0 Å². The summed E-state index contributed by atoms with van der Waals surface area (Å²) in [4.78, 5) is 95.6. The van der Waals surface area contributed by atoms with E-state index >= 15 is 0 Å². The predicted molar refractivity (Wildman–Crippen MR) is 165 cm³/mol. The molecule has 0 aromatic heterocycles. The Morgan fingerprint density at radius 1 is 0.462 bits per heavy atom. The van der Waals surface area contributed by atoms with E-state index in [1.807, 2.05) is 0 Å². The first kappa shape index (κ1) is 43.8. The molecule has 0 spiro atoms. The molecule has 0 radical (unpaired) electrons. The molecule has 2 fully saturated rings. The maximum absolute atomic E-state index is 12.1. The second kappa shape index (κ2) is 20.6. The molecule has 0 amide bonds. The molecule has 20 nitrogen and oxygen atoms in total. The first-order chi connectivity index (χ1) is 24.3. The number of rotatable bonds is 16. The maximum atomic E-state index is 12.1. The summed E-state index contributed by atoms with van der Waals surface area (Å²) in [6, 6.07) is 0. The fraction of sp³-hybridized carbons (Fsp3) is 0.750. The van der Waals surface area contributed by atoms with Gasteiger partial charge in [-0.15, -0.1) is 0 Å². The second-order valence-corrected chi connectivity index (χ2v) is 11.7. The van der Waals surface area contributed by atoms with Gasteiger partial charge in [0.05, 0.1) is 12.7 Å². The number of hydrogen-bond acceptors (Lipinski definition) is 20. The van der Waals surface area contributed by atoms with Crippen LogP contribution in [0.25, 0.3) is 0 Å². The van der Waals surface area contributed by atoms with Crippen LogP contribution in [0.2, 0.25) is 0 Å². The van der Waals surface area contributed by atoms with Crippen LogP contribution in [0.3, 0.4) is 0 Å². The zero-order valence-corrected chi connectivity index (χ0v) is 30.3. The average Bonchev–Trinajstić information content (AvgIpc) is 2.99. The summed E-state index contributed by atoms with van der Waals surface area (Å²) < 4.78 is 66.3. The lowest BCUT2D eigenvalue weighted by Crippen LogP contribution is -2.63. The molecule has 11 atom stereocenters. The van der Waals surface area contributed by atoms with E-state index < -0.39 is 128 Å². The fourth-order valence-corrected chi connectivity index (χ4v) is 5.27. The van der Waals surface area contributed by atoms with E-state index in [-0.39, 0.29) is 13.0 Å². The Labute approximate surface area is 299 Å². The number of carbonyl (C=O) groups is 8. The summed E-state index contributed by atoms with van der Waals surface area (Å²) >= 11 is 0. The summed E-state index contributed by atoms with van der Waals surface area (Å²) in [5, 5.41) is 0. The molecule has 0 bridgehead atoms.